The minimum Gasteiger partial charge on any atom is -0.383 e. The highest BCUT2D eigenvalue weighted by Crippen LogP contribution is 2.12. The average Bonchev–Trinajstić information content (AvgIpc) is 2.72. The summed E-state index contributed by atoms with van der Waals surface area (Å²) < 4.78 is 33.2. The Kier molecular flexibility index (Phi) is 4.39. The van der Waals surface area contributed by atoms with Gasteiger partial charge in [0.05, 0.1) is 6.61 Å². The zero-order valence-corrected chi connectivity index (χ0v) is 11.1. The van der Waals surface area contributed by atoms with Crippen LogP contribution in [-0.4, -0.2) is 28.5 Å². The summed E-state index contributed by atoms with van der Waals surface area (Å²) in [5.74, 6) is -1.06. The van der Waals surface area contributed by atoms with Crippen LogP contribution in [0.2, 0.25) is 0 Å². The lowest BCUT2D eigenvalue weighted by Gasteiger charge is -2.06. The van der Waals surface area contributed by atoms with Crippen LogP contribution >= 0.6 is 12.2 Å². The van der Waals surface area contributed by atoms with E-state index in [4.69, 9.17) is 17.0 Å². The molecular weight excluding hydrogens is 272 g/mol. The van der Waals surface area contributed by atoms with Gasteiger partial charge in [-0.1, -0.05) is 6.07 Å². The molecule has 0 radical (unpaired) electrons. The predicted octanol–water partition coefficient (Wildman–Crippen LogP) is 2.46. The van der Waals surface area contributed by atoms with Crippen molar-refractivity contribution in [3.05, 3.63) is 46.0 Å². The number of rotatable bonds is 5. The molecule has 0 aliphatic rings. The van der Waals surface area contributed by atoms with Crippen LogP contribution < -0.4 is 0 Å². The van der Waals surface area contributed by atoms with E-state index in [2.05, 4.69) is 10.2 Å². The standard InChI is InChI=1S/C12H13F2N3OS/c1-18-5-4-17-11(15-16-12(17)19)7-8-2-3-9(13)10(14)6-8/h2-3,6H,4-5,7H2,1H3,(H,16,19). The highest BCUT2D eigenvalue weighted by Gasteiger charge is 2.09. The number of nitrogens with zero attached hydrogens (tertiary/aromatic N) is 2. The van der Waals surface area contributed by atoms with Crippen molar-refractivity contribution in [1.82, 2.24) is 14.8 Å². The van der Waals surface area contributed by atoms with Gasteiger partial charge in [-0.05, 0) is 29.9 Å². The van der Waals surface area contributed by atoms with Crippen LogP contribution in [0.25, 0.3) is 0 Å². The van der Waals surface area contributed by atoms with Crippen molar-refractivity contribution in [2.24, 2.45) is 0 Å². The lowest BCUT2D eigenvalue weighted by molar-refractivity contribution is 0.186. The Balaban J connectivity index is 2.23. The number of ether oxygens (including phenoxy) is 1. The molecule has 7 heteroatoms. The van der Waals surface area contributed by atoms with Crippen molar-refractivity contribution < 1.29 is 13.5 Å². The smallest absolute Gasteiger partial charge is 0.195 e. The average molecular weight is 285 g/mol. The zero-order valence-electron chi connectivity index (χ0n) is 10.3. The fraction of sp³-hybridized carbons (Fsp3) is 0.333. The number of benzene rings is 1. The van der Waals surface area contributed by atoms with Crippen LogP contribution in [0.15, 0.2) is 18.2 Å². The van der Waals surface area contributed by atoms with E-state index in [-0.39, 0.29) is 0 Å². The van der Waals surface area contributed by atoms with Crippen LogP contribution in [0.5, 0.6) is 0 Å². The first-order valence-corrected chi connectivity index (χ1v) is 6.09. The van der Waals surface area contributed by atoms with E-state index in [0.29, 0.717) is 35.7 Å². The molecule has 0 amide bonds. The molecule has 1 aromatic heterocycles. The van der Waals surface area contributed by atoms with Gasteiger partial charge in [0.1, 0.15) is 5.82 Å². The number of halogens is 2. The highest BCUT2D eigenvalue weighted by atomic mass is 32.1. The fourth-order valence-corrected chi connectivity index (χ4v) is 1.97. The van der Waals surface area contributed by atoms with Gasteiger partial charge in [-0.15, -0.1) is 0 Å². The number of hydrogen-bond donors (Lipinski definition) is 1. The van der Waals surface area contributed by atoms with Gasteiger partial charge in [0.15, 0.2) is 16.4 Å². The Bertz CT molecular complexity index is 624. The Morgan fingerprint density at radius 3 is 2.84 bits per heavy atom. The SMILES string of the molecule is COCCn1c(Cc2ccc(F)c(F)c2)n[nH]c1=S. The number of nitrogens with one attached hydrogen (secondary N) is 1. The molecule has 0 saturated carbocycles. The summed E-state index contributed by atoms with van der Waals surface area (Å²) in [6, 6.07) is 3.79. The third-order valence-corrected chi connectivity index (χ3v) is 3.01. The van der Waals surface area contributed by atoms with Crippen LogP contribution in [0.3, 0.4) is 0 Å². The highest BCUT2D eigenvalue weighted by molar-refractivity contribution is 7.71. The second kappa shape index (κ2) is 6.03. The Morgan fingerprint density at radius 1 is 1.37 bits per heavy atom. The quantitative estimate of drug-likeness (QED) is 0.858. The molecule has 2 rings (SSSR count). The van der Waals surface area contributed by atoms with Gasteiger partial charge in [0.25, 0.3) is 0 Å². The maximum atomic E-state index is 13.1. The van der Waals surface area contributed by atoms with Gasteiger partial charge in [0, 0.05) is 20.1 Å². The number of H-pyrrole nitrogens is 1. The molecule has 4 nitrogen and oxygen atoms in total. The van der Waals surface area contributed by atoms with Crippen LogP contribution in [0, 0.1) is 16.4 Å². The summed E-state index contributed by atoms with van der Waals surface area (Å²) in [5, 5.41) is 6.77. The Morgan fingerprint density at radius 2 is 2.16 bits per heavy atom. The maximum absolute atomic E-state index is 13.1. The molecule has 1 heterocycles. The van der Waals surface area contributed by atoms with E-state index in [1.54, 1.807) is 11.7 Å². The minimum atomic E-state index is -0.866. The summed E-state index contributed by atoms with van der Waals surface area (Å²) in [6.07, 6.45) is 0.369. The Labute approximate surface area is 114 Å². The zero-order chi connectivity index (χ0) is 13.8. The Hall–Kier alpha value is -1.60. The second-order valence-electron chi connectivity index (χ2n) is 4.01. The third-order valence-electron chi connectivity index (χ3n) is 2.70. The van der Waals surface area contributed by atoms with E-state index in [1.807, 2.05) is 0 Å². The first-order chi connectivity index (χ1) is 9.11. The van der Waals surface area contributed by atoms with Crippen molar-refractivity contribution in [2.45, 2.75) is 13.0 Å². The minimum absolute atomic E-state index is 0.369. The number of methoxy groups -OCH3 is 1. The molecule has 0 aliphatic carbocycles. The van der Waals surface area contributed by atoms with E-state index >= 15 is 0 Å². The van der Waals surface area contributed by atoms with Gasteiger partial charge in [-0.25, -0.2) is 8.78 Å². The molecule has 2 aromatic rings. The van der Waals surface area contributed by atoms with E-state index in [1.165, 1.54) is 6.07 Å². The predicted molar refractivity (Wildman–Crippen MR) is 68.5 cm³/mol. The molecule has 0 fully saturated rings. The van der Waals surface area contributed by atoms with Crippen LogP contribution in [0.1, 0.15) is 11.4 Å². The lowest BCUT2D eigenvalue weighted by Crippen LogP contribution is -2.09. The lowest BCUT2D eigenvalue weighted by atomic mass is 10.1. The molecule has 0 atom stereocenters. The molecule has 0 spiro atoms. The summed E-state index contributed by atoms with van der Waals surface area (Å²) in [4.78, 5) is 0. The summed E-state index contributed by atoms with van der Waals surface area (Å²) in [7, 11) is 1.60. The maximum Gasteiger partial charge on any atom is 0.195 e. The summed E-state index contributed by atoms with van der Waals surface area (Å²) in [5.41, 5.74) is 0.631. The van der Waals surface area contributed by atoms with Crippen molar-refractivity contribution in [3.63, 3.8) is 0 Å². The van der Waals surface area contributed by atoms with Crippen molar-refractivity contribution >= 4 is 12.2 Å². The molecule has 0 bridgehead atoms. The number of hydrogen-bond acceptors (Lipinski definition) is 3. The first kappa shape index (κ1) is 13.8. The fourth-order valence-electron chi connectivity index (χ4n) is 1.73. The van der Waals surface area contributed by atoms with Crippen LogP contribution in [-0.2, 0) is 17.7 Å². The summed E-state index contributed by atoms with van der Waals surface area (Å²) >= 11 is 5.10. The van der Waals surface area contributed by atoms with Crippen molar-refractivity contribution in [3.8, 4) is 0 Å². The molecular formula is C12H13F2N3OS. The van der Waals surface area contributed by atoms with E-state index in [9.17, 15) is 8.78 Å². The summed E-state index contributed by atoms with van der Waals surface area (Å²) in [6.45, 7) is 1.06. The molecule has 0 aliphatic heterocycles. The normalized spacial score (nSPS) is 10.9. The van der Waals surface area contributed by atoms with Crippen LogP contribution in [0.4, 0.5) is 8.78 Å². The van der Waals surface area contributed by atoms with Crippen molar-refractivity contribution in [1.29, 1.82) is 0 Å². The van der Waals surface area contributed by atoms with Gasteiger partial charge in [-0.3, -0.25) is 5.10 Å². The third kappa shape index (κ3) is 3.24. The second-order valence-corrected chi connectivity index (χ2v) is 4.40. The van der Waals surface area contributed by atoms with Gasteiger partial charge in [-0.2, -0.15) is 5.10 Å². The van der Waals surface area contributed by atoms with E-state index < -0.39 is 11.6 Å². The number of aromatic amines is 1. The van der Waals surface area contributed by atoms with E-state index in [0.717, 1.165) is 12.1 Å². The monoisotopic (exact) mass is 285 g/mol. The molecule has 0 saturated heterocycles. The van der Waals surface area contributed by atoms with Crippen molar-refractivity contribution in [2.75, 3.05) is 13.7 Å². The van der Waals surface area contributed by atoms with Gasteiger partial charge >= 0.3 is 0 Å². The molecule has 102 valence electrons. The topological polar surface area (TPSA) is 42.8 Å². The molecule has 1 N–H and O–H groups in total. The molecule has 1 aromatic carbocycles. The van der Waals surface area contributed by atoms with Gasteiger partial charge in [0.2, 0.25) is 0 Å². The first-order valence-electron chi connectivity index (χ1n) is 5.68. The largest absolute Gasteiger partial charge is 0.383 e. The molecule has 0 unspecified atom stereocenters. The molecule has 19 heavy (non-hydrogen) atoms. The van der Waals surface area contributed by atoms with Gasteiger partial charge < -0.3 is 9.30 Å². The number of aromatic nitrogens is 3.